The van der Waals surface area contributed by atoms with Crippen molar-refractivity contribution in [2.24, 2.45) is 0 Å². The largest absolute Gasteiger partial charge is 0.508 e. The molecule has 0 radical (unpaired) electrons. The van der Waals surface area contributed by atoms with Crippen LogP contribution in [0.4, 0.5) is 0 Å². The standard InChI is InChI=1S/C19H16O4/c1-10(2)16-9-14-15(21)5-12(7-19(14)22-16)17-6-11-3-4-13(20)8-18(11)23-17/h3-10,20-21H,1-2H3. The van der Waals surface area contributed by atoms with E-state index >= 15 is 0 Å². The number of fused-ring (bicyclic) bond motifs is 2. The molecule has 116 valence electrons. The Balaban J connectivity index is 1.89. The highest BCUT2D eigenvalue weighted by Gasteiger charge is 2.14. The molecule has 0 bridgehead atoms. The summed E-state index contributed by atoms with van der Waals surface area (Å²) in [6.45, 7) is 4.09. The molecule has 4 nitrogen and oxygen atoms in total. The van der Waals surface area contributed by atoms with E-state index in [-0.39, 0.29) is 17.4 Å². The molecule has 0 fully saturated rings. The predicted molar refractivity (Wildman–Crippen MR) is 88.8 cm³/mol. The van der Waals surface area contributed by atoms with Crippen molar-refractivity contribution in [3.8, 4) is 22.8 Å². The normalized spacial score (nSPS) is 11.8. The average Bonchev–Trinajstić information content (AvgIpc) is 3.10. The molecule has 2 N–H and O–H groups in total. The lowest BCUT2D eigenvalue weighted by molar-refractivity contribution is 0.474. The molecule has 4 heteroatoms. The second-order valence-corrected chi connectivity index (χ2v) is 6.04. The van der Waals surface area contributed by atoms with Crippen LogP contribution >= 0.6 is 0 Å². The zero-order valence-electron chi connectivity index (χ0n) is 12.8. The zero-order valence-corrected chi connectivity index (χ0v) is 12.8. The Morgan fingerprint density at radius 2 is 1.70 bits per heavy atom. The summed E-state index contributed by atoms with van der Waals surface area (Å²) in [4.78, 5) is 0. The minimum Gasteiger partial charge on any atom is -0.508 e. The summed E-state index contributed by atoms with van der Waals surface area (Å²) < 4.78 is 11.6. The maximum Gasteiger partial charge on any atom is 0.138 e. The van der Waals surface area contributed by atoms with Gasteiger partial charge in [-0.3, -0.25) is 0 Å². The lowest BCUT2D eigenvalue weighted by Gasteiger charge is -1.99. The molecule has 0 spiro atoms. The number of furan rings is 2. The highest BCUT2D eigenvalue weighted by molar-refractivity contribution is 5.91. The molecular weight excluding hydrogens is 292 g/mol. The second kappa shape index (κ2) is 4.81. The Bertz CT molecular complexity index is 1020. The van der Waals surface area contributed by atoms with Crippen molar-refractivity contribution in [3.63, 3.8) is 0 Å². The van der Waals surface area contributed by atoms with E-state index in [1.54, 1.807) is 24.3 Å². The van der Waals surface area contributed by atoms with Crippen LogP contribution in [-0.2, 0) is 0 Å². The minimum absolute atomic E-state index is 0.157. The fraction of sp³-hybridized carbons (Fsp3) is 0.158. The van der Waals surface area contributed by atoms with Crippen LogP contribution in [-0.4, -0.2) is 10.2 Å². The Morgan fingerprint density at radius 3 is 2.48 bits per heavy atom. The first-order chi connectivity index (χ1) is 11.0. The molecule has 0 aliphatic rings. The summed E-state index contributed by atoms with van der Waals surface area (Å²) in [6, 6.07) is 12.3. The number of benzene rings is 2. The summed E-state index contributed by atoms with van der Waals surface area (Å²) in [7, 11) is 0. The first-order valence-electron chi connectivity index (χ1n) is 7.50. The Labute approximate surface area is 132 Å². The van der Waals surface area contributed by atoms with Crippen molar-refractivity contribution in [2.75, 3.05) is 0 Å². The third kappa shape index (κ3) is 2.23. The van der Waals surface area contributed by atoms with Gasteiger partial charge in [-0.05, 0) is 36.4 Å². The number of phenolic OH excluding ortho intramolecular Hbond substituents is 2. The van der Waals surface area contributed by atoms with E-state index < -0.39 is 0 Å². The number of hydrogen-bond acceptors (Lipinski definition) is 4. The second-order valence-electron chi connectivity index (χ2n) is 6.04. The van der Waals surface area contributed by atoms with Crippen LogP contribution in [0.5, 0.6) is 11.5 Å². The Morgan fingerprint density at radius 1 is 0.870 bits per heavy atom. The highest BCUT2D eigenvalue weighted by atomic mass is 16.3. The molecule has 0 amide bonds. The van der Waals surface area contributed by atoms with Gasteiger partial charge in [0, 0.05) is 22.9 Å². The van der Waals surface area contributed by atoms with E-state index in [2.05, 4.69) is 0 Å². The first kappa shape index (κ1) is 13.8. The smallest absolute Gasteiger partial charge is 0.138 e. The molecular formula is C19H16O4. The molecule has 0 unspecified atom stereocenters. The van der Waals surface area contributed by atoms with Crippen molar-refractivity contribution >= 4 is 21.9 Å². The van der Waals surface area contributed by atoms with E-state index in [4.69, 9.17) is 8.83 Å². The van der Waals surface area contributed by atoms with Gasteiger partial charge in [-0.25, -0.2) is 0 Å². The Kier molecular flexibility index (Phi) is 2.88. The van der Waals surface area contributed by atoms with E-state index in [1.165, 1.54) is 0 Å². The van der Waals surface area contributed by atoms with Gasteiger partial charge in [0.25, 0.3) is 0 Å². The van der Waals surface area contributed by atoms with Crippen LogP contribution < -0.4 is 0 Å². The van der Waals surface area contributed by atoms with Gasteiger partial charge in [-0.1, -0.05) is 13.8 Å². The molecule has 0 saturated heterocycles. The SMILES string of the molecule is CC(C)c1cc2c(O)cc(-c3cc4ccc(O)cc4o3)cc2o1. The highest BCUT2D eigenvalue weighted by Crippen LogP contribution is 2.37. The molecule has 2 aromatic heterocycles. The maximum absolute atomic E-state index is 10.3. The first-order valence-corrected chi connectivity index (χ1v) is 7.50. The van der Waals surface area contributed by atoms with Gasteiger partial charge in [0.2, 0.25) is 0 Å². The predicted octanol–water partition coefficient (Wildman–Crippen LogP) is 5.38. The topological polar surface area (TPSA) is 66.7 Å². The molecule has 0 atom stereocenters. The summed E-state index contributed by atoms with van der Waals surface area (Å²) in [5.74, 6) is 2.02. The van der Waals surface area contributed by atoms with Crippen LogP contribution in [0.25, 0.3) is 33.3 Å². The van der Waals surface area contributed by atoms with Crippen molar-refractivity contribution in [1.29, 1.82) is 0 Å². The zero-order chi connectivity index (χ0) is 16.1. The third-order valence-corrected chi connectivity index (χ3v) is 3.99. The Hall–Kier alpha value is -2.88. The minimum atomic E-state index is 0.157. The van der Waals surface area contributed by atoms with E-state index in [9.17, 15) is 10.2 Å². The van der Waals surface area contributed by atoms with Gasteiger partial charge in [0.05, 0.1) is 5.39 Å². The molecule has 0 saturated carbocycles. The average molecular weight is 308 g/mol. The van der Waals surface area contributed by atoms with E-state index in [1.807, 2.05) is 32.0 Å². The van der Waals surface area contributed by atoms with Gasteiger partial charge in [-0.15, -0.1) is 0 Å². The number of hydrogen-bond donors (Lipinski definition) is 2. The van der Waals surface area contributed by atoms with Crippen molar-refractivity contribution in [1.82, 2.24) is 0 Å². The van der Waals surface area contributed by atoms with Crippen LogP contribution in [0.15, 0.2) is 51.3 Å². The molecule has 4 aromatic rings. The molecule has 2 aromatic carbocycles. The van der Waals surface area contributed by atoms with Gasteiger partial charge in [0.1, 0.15) is 34.2 Å². The van der Waals surface area contributed by atoms with Crippen LogP contribution in [0.1, 0.15) is 25.5 Å². The van der Waals surface area contributed by atoms with E-state index in [0.717, 1.165) is 16.7 Å². The van der Waals surface area contributed by atoms with E-state index in [0.29, 0.717) is 22.3 Å². The van der Waals surface area contributed by atoms with Crippen LogP contribution in [0.2, 0.25) is 0 Å². The summed E-state index contributed by atoms with van der Waals surface area (Å²) in [5.41, 5.74) is 1.96. The fourth-order valence-corrected chi connectivity index (χ4v) is 2.73. The molecule has 2 heterocycles. The van der Waals surface area contributed by atoms with Gasteiger partial charge >= 0.3 is 0 Å². The van der Waals surface area contributed by atoms with Crippen LogP contribution in [0.3, 0.4) is 0 Å². The quantitative estimate of drug-likeness (QED) is 0.521. The lowest BCUT2D eigenvalue weighted by atomic mass is 10.1. The molecule has 0 aliphatic heterocycles. The van der Waals surface area contributed by atoms with Crippen LogP contribution in [0, 0.1) is 0 Å². The van der Waals surface area contributed by atoms with Gasteiger partial charge < -0.3 is 19.0 Å². The number of aromatic hydroxyl groups is 2. The fourth-order valence-electron chi connectivity index (χ4n) is 2.73. The molecule has 4 rings (SSSR count). The van der Waals surface area contributed by atoms with Crippen molar-refractivity contribution < 1.29 is 19.0 Å². The molecule has 23 heavy (non-hydrogen) atoms. The number of phenols is 2. The van der Waals surface area contributed by atoms with Crippen molar-refractivity contribution in [2.45, 2.75) is 19.8 Å². The van der Waals surface area contributed by atoms with Gasteiger partial charge in [-0.2, -0.15) is 0 Å². The molecule has 0 aliphatic carbocycles. The summed E-state index contributed by atoms with van der Waals surface area (Å²) >= 11 is 0. The van der Waals surface area contributed by atoms with Crippen molar-refractivity contribution in [3.05, 3.63) is 48.2 Å². The third-order valence-electron chi connectivity index (χ3n) is 3.99. The lowest BCUT2D eigenvalue weighted by Crippen LogP contribution is -1.79. The maximum atomic E-state index is 10.3. The summed E-state index contributed by atoms with van der Waals surface area (Å²) in [5, 5.41) is 21.4. The van der Waals surface area contributed by atoms with Gasteiger partial charge in [0.15, 0.2) is 0 Å². The number of rotatable bonds is 2. The summed E-state index contributed by atoms with van der Waals surface area (Å²) in [6.07, 6.45) is 0. The monoisotopic (exact) mass is 308 g/mol.